The Morgan fingerprint density at radius 2 is 1.80 bits per heavy atom. The minimum atomic E-state index is -3.69. The molecule has 1 heterocycles. The van der Waals surface area contributed by atoms with Gasteiger partial charge in [0.25, 0.3) is 0 Å². The highest BCUT2D eigenvalue weighted by molar-refractivity contribution is 7.92. The summed E-state index contributed by atoms with van der Waals surface area (Å²) < 4.78 is 42.3. The average molecular weight is 435 g/mol. The van der Waals surface area contributed by atoms with Gasteiger partial charge in [-0.2, -0.15) is 0 Å². The first-order valence-corrected chi connectivity index (χ1v) is 11.4. The molecule has 1 N–H and O–H groups in total. The van der Waals surface area contributed by atoms with Crippen molar-refractivity contribution in [1.82, 2.24) is 5.32 Å². The topological polar surface area (TPSA) is 94.2 Å². The number of nitrogens with one attached hydrogen (secondary N) is 1. The van der Waals surface area contributed by atoms with E-state index < -0.39 is 15.9 Å². The van der Waals surface area contributed by atoms with Crippen molar-refractivity contribution >= 4 is 21.6 Å². The smallest absolute Gasteiger partial charge is 0.241 e. The van der Waals surface area contributed by atoms with Crippen LogP contribution in [0.5, 0.6) is 17.2 Å². The molecule has 1 unspecified atom stereocenters. The molecule has 1 amide bonds. The molecule has 30 heavy (non-hydrogen) atoms. The highest BCUT2D eigenvalue weighted by Gasteiger charge is 2.24. The Labute approximate surface area is 176 Å². The number of aryl methyl sites for hydroxylation is 1. The standard InChI is InChI=1S/C21H26N2O6S/c1-15-4-7-18(8-5-15)29-14-16(2)22-21(24)13-23(30(3,25)26)17-6-9-19-20(12-17)28-11-10-27-19/h4-9,12,16H,10-11,13-14H2,1-3H3,(H,22,24). The number of hydrogen-bond donors (Lipinski definition) is 1. The van der Waals surface area contributed by atoms with Crippen LogP contribution in [-0.4, -0.2) is 53.0 Å². The monoisotopic (exact) mass is 434 g/mol. The Hall–Kier alpha value is -2.94. The first-order valence-electron chi connectivity index (χ1n) is 9.58. The van der Waals surface area contributed by atoms with Crippen LogP contribution >= 0.6 is 0 Å². The van der Waals surface area contributed by atoms with Gasteiger partial charge in [0.05, 0.1) is 18.0 Å². The molecule has 3 rings (SSSR count). The molecule has 0 saturated heterocycles. The molecule has 8 nitrogen and oxygen atoms in total. The largest absolute Gasteiger partial charge is 0.491 e. The van der Waals surface area contributed by atoms with Crippen LogP contribution in [0.15, 0.2) is 42.5 Å². The van der Waals surface area contributed by atoms with E-state index in [1.807, 2.05) is 31.2 Å². The van der Waals surface area contributed by atoms with Gasteiger partial charge in [0.1, 0.15) is 32.1 Å². The number of rotatable bonds is 8. The molecule has 0 spiro atoms. The highest BCUT2D eigenvalue weighted by atomic mass is 32.2. The molecule has 162 valence electrons. The number of amides is 1. The summed E-state index contributed by atoms with van der Waals surface area (Å²) in [6, 6.07) is 12.1. The van der Waals surface area contributed by atoms with Gasteiger partial charge in [-0.15, -0.1) is 0 Å². The van der Waals surface area contributed by atoms with Crippen LogP contribution in [0, 0.1) is 6.92 Å². The van der Waals surface area contributed by atoms with Crippen LogP contribution < -0.4 is 23.8 Å². The van der Waals surface area contributed by atoms with Crippen molar-refractivity contribution in [2.75, 3.05) is 36.9 Å². The summed E-state index contributed by atoms with van der Waals surface area (Å²) in [6.07, 6.45) is 1.06. The van der Waals surface area contributed by atoms with Crippen LogP contribution in [0.2, 0.25) is 0 Å². The predicted octanol–water partition coefficient (Wildman–Crippen LogP) is 2.12. The van der Waals surface area contributed by atoms with E-state index in [4.69, 9.17) is 14.2 Å². The van der Waals surface area contributed by atoms with E-state index in [1.54, 1.807) is 25.1 Å². The fourth-order valence-corrected chi connectivity index (χ4v) is 3.78. The zero-order chi connectivity index (χ0) is 21.7. The van der Waals surface area contributed by atoms with Crippen LogP contribution in [0.3, 0.4) is 0 Å². The van der Waals surface area contributed by atoms with Crippen molar-refractivity contribution in [3.63, 3.8) is 0 Å². The summed E-state index contributed by atoms with van der Waals surface area (Å²) in [4.78, 5) is 12.5. The number of hydrogen-bond acceptors (Lipinski definition) is 6. The number of benzene rings is 2. The summed E-state index contributed by atoms with van der Waals surface area (Å²) >= 11 is 0. The Kier molecular flexibility index (Phi) is 6.71. The Bertz CT molecular complexity index is 991. The molecular formula is C21H26N2O6S. The zero-order valence-corrected chi connectivity index (χ0v) is 18.1. The molecule has 0 fully saturated rings. The summed E-state index contributed by atoms with van der Waals surface area (Å²) in [5, 5.41) is 2.77. The number of carbonyl (C=O) groups excluding carboxylic acids is 1. The fraction of sp³-hybridized carbons (Fsp3) is 0.381. The lowest BCUT2D eigenvalue weighted by Crippen LogP contribution is -2.44. The average Bonchev–Trinajstić information content (AvgIpc) is 2.70. The van der Waals surface area contributed by atoms with Gasteiger partial charge in [0.2, 0.25) is 15.9 Å². The second kappa shape index (κ2) is 9.25. The van der Waals surface area contributed by atoms with Crippen LogP contribution in [0.25, 0.3) is 0 Å². The highest BCUT2D eigenvalue weighted by Crippen LogP contribution is 2.34. The van der Waals surface area contributed by atoms with E-state index in [0.29, 0.717) is 36.1 Å². The lowest BCUT2D eigenvalue weighted by Gasteiger charge is -2.25. The molecule has 1 aliphatic heterocycles. The lowest BCUT2D eigenvalue weighted by atomic mass is 10.2. The SMILES string of the molecule is Cc1ccc(OCC(C)NC(=O)CN(c2ccc3c(c2)OCCO3)S(C)(=O)=O)cc1. The maximum absolute atomic E-state index is 12.5. The second-order valence-electron chi connectivity index (χ2n) is 7.19. The van der Waals surface area contributed by atoms with Crippen molar-refractivity contribution in [2.24, 2.45) is 0 Å². The molecule has 0 bridgehead atoms. The fourth-order valence-electron chi connectivity index (χ4n) is 2.94. The van der Waals surface area contributed by atoms with Crippen LogP contribution in [0.4, 0.5) is 5.69 Å². The van der Waals surface area contributed by atoms with E-state index in [1.165, 1.54) is 0 Å². The number of sulfonamides is 1. The van der Waals surface area contributed by atoms with Crippen LogP contribution in [-0.2, 0) is 14.8 Å². The van der Waals surface area contributed by atoms with Crippen LogP contribution in [0.1, 0.15) is 12.5 Å². The molecular weight excluding hydrogens is 408 g/mol. The molecule has 1 aliphatic rings. The Balaban J connectivity index is 1.62. The van der Waals surface area contributed by atoms with Crippen molar-refractivity contribution in [3.05, 3.63) is 48.0 Å². The minimum absolute atomic E-state index is 0.262. The van der Waals surface area contributed by atoms with Gasteiger partial charge in [-0.25, -0.2) is 8.42 Å². The van der Waals surface area contributed by atoms with Crippen molar-refractivity contribution < 1.29 is 27.4 Å². The molecule has 0 saturated carbocycles. The van der Waals surface area contributed by atoms with Crippen molar-refractivity contribution in [1.29, 1.82) is 0 Å². The van der Waals surface area contributed by atoms with Crippen molar-refractivity contribution in [3.8, 4) is 17.2 Å². The summed E-state index contributed by atoms with van der Waals surface area (Å²) in [5.74, 6) is 1.27. The van der Waals surface area contributed by atoms with Crippen molar-refractivity contribution in [2.45, 2.75) is 19.9 Å². The number of fused-ring (bicyclic) bond motifs is 1. The normalized spacial score (nSPS) is 14.0. The van der Waals surface area contributed by atoms with E-state index >= 15 is 0 Å². The molecule has 0 aliphatic carbocycles. The summed E-state index contributed by atoms with van der Waals surface area (Å²) in [6.45, 7) is 4.51. The molecule has 0 radical (unpaired) electrons. The van der Waals surface area contributed by atoms with E-state index in [-0.39, 0.29) is 19.2 Å². The van der Waals surface area contributed by atoms with Gasteiger partial charge >= 0.3 is 0 Å². The number of anilines is 1. The summed E-state index contributed by atoms with van der Waals surface area (Å²) in [5.41, 5.74) is 1.46. The second-order valence-corrected chi connectivity index (χ2v) is 9.10. The van der Waals surface area contributed by atoms with Gasteiger partial charge < -0.3 is 19.5 Å². The third-order valence-corrected chi connectivity index (χ3v) is 5.57. The van der Waals surface area contributed by atoms with E-state index in [9.17, 15) is 13.2 Å². The molecule has 2 aromatic rings. The predicted molar refractivity (Wildman–Crippen MR) is 114 cm³/mol. The maximum Gasteiger partial charge on any atom is 0.241 e. The van der Waals surface area contributed by atoms with Gasteiger partial charge in [0.15, 0.2) is 11.5 Å². The van der Waals surface area contributed by atoms with Gasteiger partial charge in [0, 0.05) is 6.07 Å². The first kappa shape index (κ1) is 21.8. The lowest BCUT2D eigenvalue weighted by molar-refractivity contribution is -0.120. The minimum Gasteiger partial charge on any atom is -0.491 e. The molecule has 1 atom stereocenters. The zero-order valence-electron chi connectivity index (χ0n) is 17.3. The van der Waals surface area contributed by atoms with Gasteiger partial charge in [-0.05, 0) is 38.1 Å². The number of carbonyl (C=O) groups is 1. The number of ether oxygens (including phenoxy) is 3. The quantitative estimate of drug-likeness (QED) is 0.684. The first-order chi connectivity index (χ1) is 14.2. The third kappa shape index (κ3) is 5.79. The molecule has 0 aromatic heterocycles. The van der Waals surface area contributed by atoms with E-state index in [2.05, 4.69) is 5.32 Å². The summed E-state index contributed by atoms with van der Waals surface area (Å²) in [7, 11) is -3.69. The molecule has 2 aromatic carbocycles. The van der Waals surface area contributed by atoms with Gasteiger partial charge in [-0.3, -0.25) is 9.10 Å². The third-order valence-electron chi connectivity index (χ3n) is 4.43. The number of nitrogens with zero attached hydrogens (tertiary/aromatic N) is 1. The van der Waals surface area contributed by atoms with E-state index in [0.717, 1.165) is 16.1 Å². The molecule has 9 heteroatoms. The Morgan fingerprint density at radius 3 is 2.47 bits per heavy atom. The van der Waals surface area contributed by atoms with Gasteiger partial charge in [-0.1, -0.05) is 17.7 Å². The maximum atomic E-state index is 12.5. The Morgan fingerprint density at radius 1 is 1.13 bits per heavy atom.